The van der Waals surface area contributed by atoms with Crippen LogP contribution in [0.5, 0.6) is 5.75 Å². The molecule has 1 unspecified atom stereocenters. The fraction of sp³-hybridized carbons (Fsp3) is 0.385. The van der Waals surface area contributed by atoms with Gasteiger partial charge < -0.3 is 9.47 Å². The van der Waals surface area contributed by atoms with Gasteiger partial charge in [-0.25, -0.2) is 0 Å². The number of hydrogen-bond acceptors (Lipinski definition) is 6. The smallest absolute Gasteiger partial charge is 0.309 e. The van der Waals surface area contributed by atoms with Crippen LogP contribution in [0.25, 0.3) is 0 Å². The Balaban J connectivity index is 2.40. The molecule has 19 heavy (non-hydrogen) atoms. The Morgan fingerprint density at radius 2 is 1.84 bits per heavy atom. The molecule has 0 heterocycles. The van der Waals surface area contributed by atoms with Crippen molar-refractivity contribution in [3.8, 4) is 5.75 Å². The number of methoxy groups -OCH3 is 2. The first-order chi connectivity index (χ1) is 9.08. The van der Waals surface area contributed by atoms with Gasteiger partial charge in [0.25, 0.3) is 0 Å². The molecular weight excluding hydrogens is 284 g/mol. The molecule has 0 bridgehead atoms. The minimum Gasteiger partial charge on any atom is -0.497 e. The maximum atomic E-state index is 11.9. The van der Waals surface area contributed by atoms with Crippen LogP contribution >= 0.6 is 21.6 Å². The number of benzene rings is 1. The molecule has 0 aliphatic carbocycles. The monoisotopic (exact) mass is 300 g/mol. The summed E-state index contributed by atoms with van der Waals surface area (Å²) in [5, 5.41) is -0.0373. The first-order valence-corrected chi connectivity index (χ1v) is 7.96. The predicted molar refractivity (Wildman–Crippen MR) is 78.6 cm³/mol. The Hall–Kier alpha value is -1.14. The fourth-order valence-electron chi connectivity index (χ4n) is 1.23. The van der Waals surface area contributed by atoms with Gasteiger partial charge in [-0.05, 0) is 35.1 Å². The third-order valence-corrected chi connectivity index (χ3v) is 4.74. The van der Waals surface area contributed by atoms with Crippen molar-refractivity contribution in [2.45, 2.75) is 6.92 Å². The van der Waals surface area contributed by atoms with Gasteiger partial charge in [0.05, 0.1) is 20.1 Å². The fourth-order valence-corrected chi connectivity index (χ4v) is 3.41. The number of carbonyl (C=O) groups is 2. The molecule has 0 saturated heterocycles. The van der Waals surface area contributed by atoms with E-state index in [2.05, 4.69) is 4.74 Å². The van der Waals surface area contributed by atoms with E-state index in [0.717, 1.165) is 10.8 Å². The third-order valence-electron chi connectivity index (χ3n) is 2.38. The second kappa shape index (κ2) is 8.12. The van der Waals surface area contributed by atoms with E-state index in [1.807, 2.05) is 0 Å². The van der Waals surface area contributed by atoms with Crippen molar-refractivity contribution in [1.29, 1.82) is 0 Å². The van der Waals surface area contributed by atoms with Gasteiger partial charge in [0, 0.05) is 11.3 Å². The summed E-state index contributed by atoms with van der Waals surface area (Å²) in [5.74, 6) is 0.781. The van der Waals surface area contributed by atoms with Gasteiger partial charge >= 0.3 is 5.97 Å². The Kier molecular flexibility index (Phi) is 6.80. The van der Waals surface area contributed by atoms with Crippen molar-refractivity contribution in [1.82, 2.24) is 0 Å². The molecule has 1 rings (SSSR count). The van der Waals surface area contributed by atoms with E-state index in [1.165, 1.54) is 17.9 Å². The molecule has 0 fully saturated rings. The molecule has 104 valence electrons. The van der Waals surface area contributed by atoms with E-state index < -0.39 is 0 Å². The standard InChI is InChI=1S/C13H16O4S2/c1-9(12(14)17-3)8-18-19-13(15)10-4-6-11(16-2)7-5-10/h4-7,9H,8H2,1-3H3. The summed E-state index contributed by atoms with van der Waals surface area (Å²) >= 11 is 0. The summed E-state index contributed by atoms with van der Waals surface area (Å²) in [6, 6.07) is 6.93. The Morgan fingerprint density at radius 3 is 2.37 bits per heavy atom. The van der Waals surface area contributed by atoms with E-state index in [1.54, 1.807) is 38.3 Å². The maximum absolute atomic E-state index is 11.9. The normalized spacial score (nSPS) is 11.7. The van der Waals surface area contributed by atoms with E-state index in [9.17, 15) is 9.59 Å². The maximum Gasteiger partial charge on any atom is 0.309 e. The van der Waals surface area contributed by atoms with Crippen molar-refractivity contribution < 1.29 is 19.1 Å². The van der Waals surface area contributed by atoms with Gasteiger partial charge in [-0.15, -0.1) is 0 Å². The van der Waals surface area contributed by atoms with Crippen LogP contribution < -0.4 is 4.74 Å². The highest BCUT2D eigenvalue weighted by atomic mass is 33.1. The Bertz CT molecular complexity index is 431. The first-order valence-electron chi connectivity index (χ1n) is 5.64. The second-order valence-corrected chi connectivity index (χ2v) is 6.12. The quantitative estimate of drug-likeness (QED) is 0.594. The lowest BCUT2D eigenvalue weighted by Crippen LogP contribution is -2.14. The number of carbonyl (C=O) groups excluding carboxylic acids is 2. The van der Waals surface area contributed by atoms with E-state index in [0.29, 0.717) is 17.1 Å². The van der Waals surface area contributed by atoms with Crippen LogP contribution in [-0.4, -0.2) is 31.1 Å². The minimum absolute atomic E-state index is 0.0373. The zero-order valence-electron chi connectivity index (χ0n) is 11.0. The summed E-state index contributed by atoms with van der Waals surface area (Å²) in [7, 11) is 5.42. The molecule has 0 aliphatic heterocycles. The number of hydrogen-bond donors (Lipinski definition) is 0. The average Bonchev–Trinajstić information content (AvgIpc) is 2.46. The Morgan fingerprint density at radius 1 is 1.21 bits per heavy atom. The lowest BCUT2D eigenvalue weighted by atomic mass is 10.2. The van der Waals surface area contributed by atoms with Crippen molar-refractivity contribution >= 4 is 32.7 Å². The molecule has 1 aromatic carbocycles. The molecule has 0 radical (unpaired) electrons. The van der Waals surface area contributed by atoms with Crippen LogP contribution in [0, 0.1) is 5.92 Å². The molecule has 0 aliphatic rings. The molecule has 1 atom stereocenters. The predicted octanol–water partition coefficient (Wildman–Crippen LogP) is 3.03. The Labute approximate surface area is 120 Å². The van der Waals surface area contributed by atoms with E-state index in [-0.39, 0.29) is 17.0 Å². The van der Waals surface area contributed by atoms with E-state index in [4.69, 9.17) is 4.74 Å². The van der Waals surface area contributed by atoms with Gasteiger partial charge in [-0.3, -0.25) is 9.59 Å². The zero-order valence-corrected chi connectivity index (χ0v) is 12.7. The first kappa shape index (κ1) is 15.9. The minimum atomic E-state index is -0.259. The van der Waals surface area contributed by atoms with Crippen LogP contribution in [0.4, 0.5) is 0 Å². The third kappa shape index (κ3) is 5.16. The summed E-state index contributed by atoms with van der Waals surface area (Å²) in [6.07, 6.45) is 0. The average molecular weight is 300 g/mol. The molecule has 4 nitrogen and oxygen atoms in total. The lowest BCUT2D eigenvalue weighted by molar-refractivity contribution is -0.143. The molecular formula is C13H16O4S2. The zero-order chi connectivity index (χ0) is 14.3. The highest BCUT2D eigenvalue weighted by Gasteiger charge is 2.15. The highest BCUT2D eigenvalue weighted by molar-refractivity contribution is 8.82. The highest BCUT2D eigenvalue weighted by Crippen LogP contribution is 2.28. The van der Waals surface area contributed by atoms with Crippen LogP contribution in [0.15, 0.2) is 24.3 Å². The van der Waals surface area contributed by atoms with Crippen LogP contribution in [0.2, 0.25) is 0 Å². The lowest BCUT2D eigenvalue weighted by Gasteiger charge is -2.07. The summed E-state index contributed by atoms with van der Waals surface area (Å²) in [6.45, 7) is 1.78. The molecule has 0 N–H and O–H groups in total. The van der Waals surface area contributed by atoms with Crippen molar-refractivity contribution in [2.75, 3.05) is 20.0 Å². The van der Waals surface area contributed by atoms with Gasteiger partial charge in [0.15, 0.2) is 0 Å². The van der Waals surface area contributed by atoms with Gasteiger partial charge in [-0.1, -0.05) is 17.7 Å². The van der Waals surface area contributed by atoms with Gasteiger partial charge in [0.1, 0.15) is 5.75 Å². The van der Waals surface area contributed by atoms with Crippen LogP contribution in [-0.2, 0) is 9.53 Å². The number of esters is 1. The SMILES string of the molecule is COC(=O)C(C)CSSC(=O)c1ccc(OC)cc1. The second-order valence-electron chi connectivity index (χ2n) is 3.81. The van der Waals surface area contributed by atoms with Crippen molar-refractivity contribution in [3.05, 3.63) is 29.8 Å². The summed E-state index contributed by atoms with van der Waals surface area (Å²) in [4.78, 5) is 23.0. The van der Waals surface area contributed by atoms with Crippen LogP contribution in [0.1, 0.15) is 17.3 Å². The molecule has 1 aromatic rings. The largest absolute Gasteiger partial charge is 0.497 e. The van der Waals surface area contributed by atoms with Gasteiger partial charge in [-0.2, -0.15) is 0 Å². The van der Waals surface area contributed by atoms with Crippen LogP contribution in [0.3, 0.4) is 0 Å². The summed E-state index contributed by atoms with van der Waals surface area (Å²) in [5.41, 5.74) is 0.615. The van der Waals surface area contributed by atoms with Crippen molar-refractivity contribution in [3.63, 3.8) is 0 Å². The number of rotatable bonds is 6. The topological polar surface area (TPSA) is 52.6 Å². The molecule has 0 amide bonds. The molecule has 0 spiro atoms. The van der Waals surface area contributed by atoms with E-state index >= 15 is 0 Å². The molecule has 0 aromatic heterocycles. The van der Waals surface area contributed by atoms with Gasteiger partial charge in [0.2, 0.25) is 5.12 Å². The number of ether oxygens (including phenoxy) is 2. The molecule has 0 saturated carbocycles. The van der Waals surface area contributed by atoms with Crippen molar-refractivity contribution in [2.24, 2.45) is 5.92 Å². The molecule has 6 heteroatoms. The summed E-state index contributed by atoms with van der Waals surface area (Å²) < 4.78 is 9.64.